The van der Waals surface area contributed by atoms with Crippen LogP contribution in [0.3, 0.4) is 0 Å². The number of halogens is 1. The average molecular weight is 267 g/mol. The standard InChI is InChI=1S/C13H19BFNO3/c15-11-4-5-12(14(17)18)13(10-11)19-9-3-8-16-6-1-2-7-16/h4-5,10,17-18H,1-3,6-9H2. The minimum Gasteiger partial charge on any atom is -0.494 e. The summed E-state index contributed by atoms with van der Waals surface area (Å²) in [5.74, 6) is -0.240. The molecule has 1 saturated heterocycles. The zero-order chi connectivity index (χ0) is 13.7. The van der Waals surface area contributed by atoms with E-state index in [1.165, 1.54) is 31.0 Å². The van der Waals surface area contributed by atoms with Gasteiger partial charge in [-0.25, -0.2) is 4.39 Å². The molecule has 104 valence electrons. The van der Waals surface area contributed by atoms with Crippen LogP contribution >= 0.6 is 0 Å². The fourth-order valence-corrected chi connectivity index (χ4v) is 2.32. The molecule has 1 aromatic carbocycles. The highest BCUT2D eigenvalue weighted by Gasteiger charge is 2.18. The second-order valence-electron chi connectivity index (χ2n) is 4.81. The highest BCUT2D eigenvalue weighted by Crippen LogP contribution is 2.12. The minimum absolute atomic E-state index is 0.197. The third-order valence-electron chi connectivity index (χ3n) is 3.33. The van der Waals surface area contributed by atoms with Crippen molar-refractivity contribution < 1.29 is 19.2 Å². The van der Waals surface area contributed by atoms with Gasteiger partial charge in [0, 0.05) is 18.1 Å². The number of likely N-dealkylation sites (tertiary alicyclic amines) is 1. The van der Waals surface area contributed by atoms with Gasteiger partial charge in [-0.2, -0.15) is 0 Å². The first kappa shape index (κ1) is 14.3. The lowest BCUT2D eigenvalue weighted by Crippen LogP contribution is -2.32. The van der Waals surface area contributed by atoms with E-state index in [4.69, 9.17) is 14.8 Å². The Balaban J connectivity index is 1.82. The van der Waals surface area contributed by atoms with Gasteiger partial charge in [0.25, 0.3) is 0 Å². The SMILES string of the molecule is OB(O)c1ccc(F)cc1OCCCN1CCCC1. The minimum atomic E-state index is -1.64. The van der Waals surface area contributed by atoms with Gasteiger partial charge >= 0.3 is 7.12 Å². The molecule has 1 aromatic rings. The number of ether oxygens (including phenoxy) is 1. The van der Waals surface area contributed by atoms with Crippen LogP contribution in [-0.2, 0) is 0 Å². The fourth-order valence-electron chi connectivity index (χ4n) is 2.32. The molecule has 2 N–H and O–H groups in total. The summed E-state index contributed by atoms with van der Waals surface area (Å²) in [6, 6.07) is 3.70. The van der Waals surface area contributed by atoms with Gasteiger partial charge in [-0.3, -0.25) is 0 Å². The maximum Gasteiger partial charge on any atom is 0.492 e. The molecule has 0 bridgehead atoms. The van der Waals surface area contributed by atoms with Gasteiger partial charge in [0.15, 0.2) is 0 Å². The van der Waals surface area contributed by atoms with E-state index in [-0.39, 0.29) is 11.2 Å². The predicted molar refractivity (Wildman–Crippen MR) is 72.0 cm³/mol. The Kier molecular flexibility index (Phi) is 5.19. The normalized spacial score (nSPS) is 15.7. The largest absolute Gasteiger partial charge is 0.494 e. The topological polar surface area (TPSA) is 52.9 Å². The maximum absolute atomic E-state index is 13.1. The summed E-state index contributed by atoms with van der Waals surface area (Å²) < 4.78 is 18.6. The van der Waals surface area contributed by atoms with Crippen molar-refractivity contribution in [2.24, 2.45) is 0 Å². The molecule has 1 aliphatic rings. The van der Waals surface area contributed by atoms with E-state index >= 15 is 0 Å². The molecule has 0 saturated carbocycles. The summed E-state index contributed by atoms with van der Waals surface area (Å²) in [5.41, 5.74) is 0.197. The van der Waals surface area contributed by atoms with Crippen LogP contribution in [0.25, 0.3) is 0 Å². The number of hydrogen-bond donors (Lipinski definition) is 2. The molecule has 0 amide bonds. The van der Waals surface area contributed by atoms with E-state index in [2.05, 4.69) is 4.90 Å². The molecule has 19 heavy (non-hydrogen) atoms. The summed E-state index contributed by atoms with van der Waals surface area (Å²) in [4.78, 5) is 2.37. The molecule has 0 unspecified atom stereocenters. The smallest absolute Gasteiger partial charge is 0.492 e. The lowest BCUT2D eigenvalue weighted by molar-refractivity contribution is 0.263. The first-order valence-corrected chi connectivity index (χ1v) is 6.67. The molecular formula is C13H19BFNO3. The summed E-state index contributed by atoms with van der Waals surface area (Å²) in [6.07, 6.45) is 3.36. The first-order chi connectivity index (χ1) is 9.16. The summed E-state index contributed by atoms with van der Waals surface area (Å²) >= 11 is 0. The molecule has 0 radical (unpaired) electrons. The third kappa shape index (κ3) is 4.19. The van der Waals surface area contributed by atoms with E-state index in [9.17, 15) is 4.39 Å². The van der Waals surface area contributed by atoms with Crippen molar-refractivity contribution in [3.05, 3.63) is 24.0 Å². The number of rotatable bonds is 6. The van der Waals surface area contributed by atoms with Crippen LogP contribution < -0.4 is 10.2 Å². The lowest BCUT2D eigenvalue weighted by Gasteiger charge is -2.15. The van der Waals surface area contributed by atoms with Crippen LogP contribution in [0.1, 0.15) is 19.3 Å². The van der Waals surface area contributed by atoms with Crippen molar-refractivity contribution in [2.75, 3.05) is 26.2 Å². The second-order valence-corrected chi connectivity index (χ2v) is 4.81. The molecule has 0 aliphatic carbocycles. The molecular weight excluding hydrogens is 248 g/mol. The van der Waals surface area contributed by atoms with Crippen LogP contribution in [0.15, 0.2) is 18.2 Å². The van der Waals surface area contributed by atoms with Gasteiger partial charge in [-0.05, 0) is 38.4 Å². The highest BCUT2D eigenvalue weighted by molar-refractivity contribution is 6.59. The highest BCUT2D eigenvalue weighted by atomic mass is 19.1. The molecule has 1 aliphatic heterocycles. The maximum atomic E-state index is 13.1. The number of hydrogen-bond acceptors (Lipinski definition) is 4. The molecule has 0 aromatic heterocycles. The molecule has 4 nitrogen and oxygen atoms in total. The molecule has 1 fully saturated rings. The summed E-state index contributed by atoms with van der Waals surface area (Å²) in [5, 5.41) is 18.3. The fraction of sp³-hybridized carbons (Fsp3) is 0.538. The van der Waals surface area contributed by atoms with Crippen LogP contribution in [0.5, 0.6) is 5.75 Å². The second kappa shape index (κ2) is 6.89. The number of benzene rings is 1. The molecule has 1 heterocycles. The van der Waals surface area contributed by atoms with E-state index in [0.717, 1.165) is 26.1 Å². The Morgan fingerprint density at radius 2 is 2.00 bits per heavy atom. The third-order valence-corrected chi connectivity index (χ3v) is 3.33. The Hall–Kier alpha value is -1.11. The molecule has 2 rings (SSSR count). The van der Waals surface area contributed by atoms with Crippen LogP contribution in [0.2, 0.25) is 0 Å². The van der Waals surface area contributed by atoms with Crippen LogP contribution in [0.4, 0.5) is 4.39 Å². The number of nitrogens with zero attached hydrogens (tertiary/aromatic N) is 1. The first-order valence-electron chi connectivity index (χ1n) is 6.67. The van der Waals surface area contributed by atoms with Crippen molar-refractivity contribution in [3.8, 4) is 5.75 Å². The van der Waals surface area contributed by atoms with Crippen molar-refractivity contribution in [1.82, 2.24) is 4.90 Å². The zero-order valence-electron chi connectivity index (χ0n) is 10.9. The van der Waals surface area contributed by atoms with Crippen molar-refractivity contribution in [1.29, 1.82) is 0 Å². The van der Waals surface area contributed by atoms with Crippen molar-refractivity contribution in [3.63, 3.8) is 0 Å². The Bertz CT molecular complexity index is 411. The van der Waals surface area contributed by atoms with Crippen molar-refractivity contribution >= 4 is 12.6 Å². The molecule has 0 spiro atoms. The summed E-state index contributed by atoms with van der Waals surface area (Å²) in [7, 11) is -1.64. The monoisotopic (exact) mass is 267 g/mol. The van der Waals surface area contributed by atoms with E-state index in [1.807, 2.05) is 0 Å². The van der Waals surface area contributed by atoms with E-state index < -0.39 is 12.9 Å². The Morgan fingerprint density at radius 3 is 2.68 bits per heavy atom. The van der Waals surface area contributed by atoms with Gasteiger partial charge in [-0.1, -0.05) is 6.07 Å². The van der Waals surface area contributed by atoms with Crippen LogP contribution in [-0.4, -0.2) is 48.3 Å². The Labute approximate surface area is 113 Å². The van der Waals surface area contributed by atoms with Gasteiger partial charge in [-0.15, -0.1) is 0 Å². The molecule has 0 atom stereocenters. The van der Waals surface area contributed by atoms with Crippen LogP contribution in [0, 0.1) is 5.82 Å². The summed E-state index contributed by atoms with van der Waals surface area (Å²) in [6.45, 7) is 3.69. The van der Waals surface area contributed by atoms with Crippen molar-refractivity contribution in [2.45, 2.75) is 19.3 Å². The lowest BCUT2D eigenvalue weighted by atomic mass is 9.79. The Morgan fingerprint density at radius 1 is 1.26 bits per heavy atom. The van der Waals surface area contributed by atoms with Gasteiger partial charge in [0.05, 0.1) is 6.61 Å². The predicted octanol–water partition coefficient (Wildman–Crippen LogP) is 0.370. The van der Waals surface area contributed by atoms with Gasteiger partial charge in [0.1, 0.15) is 11.6 Å². The zero-order valence-corrected chi connectivity index (χ0v) is 10.9. The van der Waals surface area contributed by atoms with Gasteiger partial charge in [0.2, 0.25) is 0 Å². The molecule has 6 heteroatoms. The quantitative estimate of drug-likeness (QED) is 0.577. The van der Waals surface area contributed by atoms with E-state index in [1.54, 1.807) is 0 Å². The van der Waals surface area contributed by atoms with E-state index in [0.29, 0.717) is 6.61 Å². The average Bonchev–Trinajstić information content (AvgIpc) is 2.87. The van der Waals surface area contributed by atoms with Gasteiger partial charge < -0.3 is 19.7 Å².